The summed E-state index contributed by atoms with van der Waals surface area (Å²) in [5.41, 5.74) is 1.13. The molecule has 2 saturated heterocycles. The molecular formula is C33H42O16. The molecule has 16 nitrogen and oxygen atoms in total. The van der Waals surface area contributed by atoms with Crippen molar-refractivity contribution in [3.8, 4) is 23.0 Å². The summed E-state index contributed by atoms with van der Waals surface area (Å²) in [4.78, 5) is 24.9. The van der Waals surface area contributed by atoms with Gasteiger partial charge in [-0.05, 0) is 54.8 Å². The average Bonchev–Trinajstić information content (AvgIpc) is 3.07. The number of esters is 2. The summed E-state index contributed by atoms with van der Waals surface area (Å²) in [5.74, 6) is -1.38. The Bertz CT molecular complexity index is 1450. The smallest absolute Gasteiger partial charge is 0.331 e. The highest BCUT2D eigenvalue weighted by Crippen LogP contribution is 2.32. The second-order valence-corrected chi connectivity index (χ2v) is 11.4. The van der Waals surface area contributed by atoms with E-state index >= 15 is 0 Å². The van der Waals surface area contributed by atoms with Gasteiger partial charge in [-0.3, -0.25) is 4.79 Å². The van der Waals surface area contributed by atoms with Gasteiger partial charge in [0.15, 0.2) is 41.7 Å². The van der Waals surface area contributed by atoms with E-state index in [1.807, 2.05) is 0 Å². The van der Waals surface area contributed by atoms with Crippen molar-refractivity contribution in [3.63, 3.8) is 0 Å². The Balaban J connectivity index is 1.58. The maximum Gasteiger partial charge on any atom is 0.331 e. The van der Waals surface area contributed by atoms with Crippen molar-refractivity contribution in [2.24, 2.45) is 0 Å². The Hall–Kier alpha value is -4.00. The molecule has 16 heteroatoms. The van der Waals surface area contributed by atoms with E-state index in [0.717, 1.165) is 13.0 Å². The lowest BCUT2D eigenvalue weighted by atomic mass is 9.97. The first-order chi connectivity index (χ1) is 23.3. The van der Waals surface area contributed by atoms with Gasteiger partial charge < -0.3 is 68.5 Å². The summed E-state index contributed by atoms with van der Waals surface area (Å²) < 4.78 is 44.3. The van der Waals surface area contributed by atoms with Crippen molar-refractivity contribution < 1.29 is 78.1 Å². The number of phenols is 2. The molecule has 2 heterocycles. The van der Waals surface area contributed by atoms with Gasteiger partial charge in [-0.25, -0.2) is 4.79 Å². The van der Waals surface area contributed by atoms with Crippen LogP contribution in [0.2, 0.25) is 0 Å². The van der Waals surface area contributed by atoms with Crippen LogP contribution in [0, 0.1) is 0 Å². The van der Waals surface area contributed by atoms with Crippen LogP contribution in [-0.4, -0.2) is 131 Å². The van der Waals surface area contributed by atoms with E-state index in [1.54, 1.807) is 12.1 Å². The van der Waals surface area contributed by atoms with Crippen molar-refractivity contribution in [2.75, 3.05) is 27.4 Å². The first kappa shape index (κ1) is 37.8. The highest BCUT2D eigenvalue weighted by Gasteiger charge is 2.52. The number of methoxy groups -OCH3 is 2. The molecular weight excluding hydrogens is 652 g/mol. The highest BCUT2D eigenvalue weighted by molar-refractivity contribution is 5.87. The molecule has 2 aromatic rings. The van der Waals surface area contributed by atoms with E-state index in [9.17, 15) is 40.2 Å². The summed E-state index contributed by atoms with van der Waals surface area (Å²) in [6, 6.07) is 9.12. The zero-order valence-corrected chi connectivity index (χ0v) is 27.3. The van der Waals surface area contributed by atoms with Crippen LogP contribution < -0.4 is 9.47 Å². The summed E-state index contributed by atoms with van der Waals surface area (Å²) in [5, 5.41) is 62.6. The minimum Gasteiger partial charge on any atom is -0.504 e. The zero-order valence-electron chi connectivity index (χ0n) is 27.3. The van der Waals surface area contributed by atoms with Gasteiger partial charge in [0.1, 0.15) is 43.2 Å². The molecule has 4 rings (SSSR count). The first-order valence-electron chi connectivity index (χ1n) is 15.4. The van der Waals surface area contributed by atoms with Gasteiger partial charge >= 0.3 is 11.9 Å². The Labute approximate surface area is 281 Å². The topological polar surface area (TPSA) is 229 Å². The number of aliphatic hydroxyl groups is 4. The maximum absolute atomic E-state index is 13.1. The van der Waals surface area contributed by atoms with E-state index in [2.05, 4.69) is 0 Å². The molecule has 2 aliphatic heterocycles. The fourth-order valence-corrected chi connectivity index (χ4v) is 5.26. The molecule has 6 N–H and O–H groups in total. The largest absolute Gasteiger partial charge is 0.504 e. The third kappa shape index (κ3) is 9.58. The van der Waals surface area contributed by atoms with Crippen LogP contribution in [0.15, 0.2) is 42.5 Å². The number of aromatic hydroxyl groups is 2. The molecule has 49 heavy (non-hydrogen) atoms. The van der Waals surface area contributed by atoms with Gasteiger partial charge in [0.05, 0.1) is 26.9 Å². The molecule has 0 amide bonds. The normalized spacial score (nSPS) is 30.1. The van der Waals surface area contributed by atoms with Crippen LogP contribution in [0.5, 0.6) is 23.0 Å². The molecule has 10 atom stereocenters. The van der Waals surface area contributed by atoms with E-state index in [0.29, 0.717) is 11.1 Å². The van der Waals surface area contributed by atoms with Crippen LogP contribution in [0.25, 0.3) is 6.08 Å². The lowest BCUT2D eigenvalue weighted by Gasteiger charge is -2.46. The Morgan fingerprint density at radius 2 is 1.57 bits per heavy atom. The molecule has 0 aliphatic carbocycles. The van der Waals surface area contributed by atoms with E-state index in [-0.39, 0.29) is 36.0 Å². The molecule has 0 spiro atoms. The fraction of sp³-hybridized carbons (Fsp3) is 0.515. The number of rotatable bonds is 13. The molecule has 0 aromatic heterocycles. The molecule has 2 aromatic carbocycles. The van der Waals surface area contributed by atoms with Crippen molar-refractivity contribution >= 4 is 18.0 Å². The minimum absolute atomic E-state index is 0.0473. The van der Waals surface area contributed by atoms with Crippen molar-refractivity contribution in [1.29, 1.82) is 0 Å². The zero-order chi connectivity index (χ0) is 35.8. The van der Waals surface area contributed by atoms with Crippen LogP contribution in [0.3, 0.4) is 0 Å². The van der Waals surface area contributed by atoms with Gasteiger partial charge in [-0.2, -0.15) is 0 Å². The van der Waals surface area contributed by atoms with Gasteiger partial charge in [0, 0.05) is 13.0 Å². The van der Waals surface area contributed by atoms with Crippen LogP contribution >= 0.6 is 0 Å². The third-order valence-corrected chi connectivity index (χ3v) is 7.95. The number of benzene rings is 2. The Morgan fingerprint density at radius 1 is 0.837 bits per heavy atom. The number of carbonyl (C=O) groups excluding carboxylic acids is 2. The SMILES string of the molecule is COc1ccc(CCOC2OC(COC(C)=O)C(OC(=O)C=Cc3ccc(O)c(OC)c3)C(OC3OC(C)C(O)C(O)C3O)C2O)cc1O. The number of phenolic OH excluding ortho intramolecular Hbond substituents is 2. The lowest BCUT2D eigenvalue weighted by molar-refractivity contribution is -0.357. The number of carbonyl (C=O) groups is 2. The molecule has 270 valence electrons. The van der Waals surface area contributed by atoms with Crippen LogP contribution in [0.4, 0.5) is 0 Å². The molecule has 0 bridgehead atoms. The molecule has 0 saturated carbocycles. The monoisotopic (exact) mass is 694 g/mol. The van der Waals surface area contributed by atoms with Gasteiger partial charge in [0.2, 0.25) is 0 Å². The predicted molar refractivity (Wildman–Crippen MR) is 166 cm³/mol. The summed E-state index contributed by atoms with van der Waals surface area (Å²) >= 11 is 0. The summed E-state index contributed by atoms with van der Waals surface area (Å²) in [6.07, 6.45) is -12.4. The number of ether oxygens (including phenoxy) is 8. The van der Waals surface area contributed by atoms with E-state index < -0.39 is 80.0 Å². The van der Waals surface area contributed by atoms with Crippen LogP contribution in [-0.2, 0) is 44.4 Å². The van der Waals surface area contributed by atoms with E-state index in [4.69, 9.17) is 37.9 Å². The second-order valence-electron chi connectivity index (χ2n) is 11.4. The van der Waals surface area contributed by atoms with Crippen molar-refractivity contribution in [2.45, 2.75) is 81.7 Å². The van der Waals surface area contributed by atoms with Crippen LogP contribution in [0.1, 0.15) is 25.0 Å². The van der Waals surface area contributed by atoms with Crippen molar-refractivity contribution in [1.82, 2.24) is 0 Å². The summed E-state index contributed by atoms with van der Waals surface area (Å²) in [6.45, 7) is 2.06. The number of aliphatic hydroxyl groups excluding tert-OH is 4. The Morgan fingerprint density at radius 3 is 2.24 bits per heavy atom. The highest BCUT2D eigenvalue weighted by atomic mass is 16.7. The minimum atomic E-state index is -1.78. The molecule has 0 radical (unpaired) electrons. The fourth-order valence-electron chi connectivity index (χ4n) is 5.26. The Kier molecular flexibility index (Phi) is 13.2. The number of hydrogen-bond donors (Lipinski definition) is 6. The van der Waals surface area contributed by atoms with Gasteiger partial charge in [0.25, 0.3) is 0 Å². The third-order valence-electron chi connectivity index (χ3n) is 7.95. The molecule has 10 unspecified atom stereocenters. The summed E-state index contributed by atoms with van der Waals surface area (Å²) in [7, 11) is 2.78. The van der Waals surface area contributed by atoms with Gasteiger partial charge in [-0.1, -0.05) is 12.1 Å². The van der Waals surface area contributed by atoms with Crippen molar-refractivity contribution in [3.05, 3.63) is 53.6 Å². The maximum atomic E-state index is 13.1. The second kappa shape index (κ2) is 17.1. The lowest BCUT2D eigenvalue weighted by Crippen LogP contribution is -2.65. The van der Waals surface area contributed by atoms with Gasteiger partial charge in [-0.15, -0.1) is 0 Å². The number of hydrogen-bond acceptors (Lipinski definition) is 16. The predicted octanol–water partition coefficient (Wildman–Crippen LogP) is 0.161. The van der Waals surface area contributed by atoms with E-state index in [1.165, 1.54) is 51.5 Å². The quantitative estimate of drug-likeness (QED) is 0.121. The molecule has 2 fully saturated rings. The molecule has 2 aliphatic rings. The average molecular weight is 695 g/mol. The first-order valence-corrected chi connectivity index (χ1v) is 15.4. The standard InChI is InChI=1S/C33H42O16/c1-16-26(38)27(39)28(40)33(46-16)49-31-29(41)32(44-12-11-19-6-9-22(42-3)21(36)13-19)47-24(15-45-17(2)34)30(31)48-25(37)10-7-18-5-8-20(35)23(14-18)43-4/h5-10,13-14,16,24,26-33,35-36,38-41H,11-12,15H2,1-4H3.